The number of hydrogen-bond acceptors (Lipinski definition) is 5. The SMILES string of the molecule is CC(=O)Oc1c(I)cc(/C=C2\N=C(c3ccc(I)cc3)OC2=O)cc1I. The molecule has 0 aromatic heterocycles. The monoisotopic (exact) mass is 685 g/mol. The summed E-state index contributed by atoms with van der Waals surface area (Å²) in [4.78, 5) is 27.6. The van der Waals surface area contributed by atoms with Crippen LogP contribution in [0.5, 0.6) is 5.75 Å². The third-order valence-corrected chi connectivity index (χ3v) is 5.60. The number of carbonyl (C=O) groups is 2. The van der Waals surface area contributed by atoms with E-state index in [4.69, 9.17) is 9.47 Å². The van der Waals surface area contributed by atoms with Crippen LogP contribution in [0.1, 0.15) is 18.1 Å². The van der Waals surface area contributed by atoms with Crippen LogP contribution in [0.3, 0.4) is 0 Å². The number of esters is 2. The third kappa shape index (κ3) is 4.63. The third-order valence-electron chi connectivity index (χ3n) is 3.28. The maximum absolute atomic E-state index is 12.1. The number of cyclic esters (lactones) is 1. The number of nitrogens with zero attached hydrogens (tertiary/aromatic N) is 1. The van der Waals surface area contributed by atoms with Crippen molar-refractivity contribution >= 4 is 91.7 Å². The smallest absolute Gasteiger partial charge is 0.363 e. The Morgan fingerprint density at radius 2 is 1.73 bits per heavy atom. The first kappa shape index (κ1) is 19.7. The van der Waals surface area contributed by atoms with Crippen molar-refractivity contribution in [1.29, 1.82) is 0 Å². The largest absolute Gasteiger partial charge is 0.424 e. The van der Waals surface area contributed by atoms with E-state index in [-0.39, 0.29) is 11.7 Å². The number of halogens is 3. The second-order valence-corrected chi connectivity index (χ2v) is 8.82. The fraction of sp³-hybridized carbons (Fsp3) is 0.0556. The molecular formula is C18H10I3NO4. The van der Waals surface area contributed by atoms with Gasteiger partial charge in [-0.25, -0.2) is 9.79 Å². The number of rotatable bonds is 3. The van der Waals surface area contributed by atoms with Gasteiger partial charge in [0.15, 0.2) is 11.4 Å². The maximum Gasteiger partial charge on any atom is 0.363 e. The van der Waals surface area contributed by atoms with Crippen molar-refractivity contribution in [2.45, 2.75) is 6.92 Å². The van der Waals surface area contributed by atoms with Crippen molar-refractivity contribution in [2.24, 2.45) is 4.99 Å². The molecule has 0 spiro atoms. The van der Waals surface area contributed by atoms with Gasteiger partial charge in [0.25, 0.3) is 0 Å². The van der Waals surface area contributed by atoms with Gasteiger partial charge in [0.2, 0.25) is 5.90 Å². The van der Waals surface area contributed by atoms with E-state index in [0.717, 1.165) is 21.8 Å². The average molecular weight is 685 g/mol. The summed E-state index contributed by atoms with van der Waals surface area (Å²) in [5.74, 6) is -0.0674. The summed E-state index contributed by atoms with van der Waals surface area (Å²) in [6, 6.07) is 11.2. The van der Waals surface area contributed by atoms with E-state index in [1.165, 1.54) is 6.92 Å². The van der Waals surface area contributed by atoms with Gasteiger partial charge in [-0.3, -0.25) is 4.79 Å². The molecule has 1 aliphatic rings. The molecule has 8 heteroatoms. The summed E-state index contributed by atoms with van der Waals surface area (Å²) < 4.78 is 13.1. The zero-order valence-electron chi connectivity index (χ0n) is 13.3. The lowest BCUT2D eigenvalue weighted by atomic mass is 10.2. The molecule has 1 heterocycles. The highest BCUT2D eigenvalue weighted by atomic mass is 127. The fourth-order valence-corrected chi connectivity index (χ4v) is 4.58. The summed E-state index contributed by atoms with van der Waals surface area (Å²) in [6.45, 7) is 1.36. The Bertz CT molecular complexity index is 942. The number of hydrogen-bond donors (Lipinski definition) is 0. The molecule has 26 heavy (non-hydrogen) atoms. The van der Waals surface area contributed by atoms with Gasteiger partial charge in [0, 0.05) is 16.1 Å². The number of ether oxygens (including phenoxy) is 2. The quantitative estimate of drug-likeness (QED) is 0.202. The van der Waals surface area contributed by atoms with Crippen molar-refractivity contribution in [1.82, 2.24) is 0 Å². The van der Waals surface area contributed by atoms with Crippen LogP contribution in [-0.4, -0.2) is 17.8 Å². The fourth-order valence-electron chi connectivity index (χ4n) is 2.19. The van der Waals surface area contributed by atoms with Crippen molar-refractivity contribution in [3.05, 3.63) is 63.9 Å². The predicted octanol–water partition coefficient (Wildman–Crippen LogP) is 4.77. The summed E-state index contributed by atoms with van der Waals surface area (Å²) in [5, 5.41) is 0. The van der Waals surface area contributed by atoms with Crippen molar-refractivity contribution in [3.8, 4) is 5.75 Å². The zero-order valence-corrected chi connectivity index (χ0v) is 19.7. The van der Waals surface area contributed by atoms with E-state index in [1.54, 1.807) is 6.08 Å². The van der Waals surface area contributed by atoms with Crippen molar-refractivity contribution in [3.63, 3.8) is 0 Å². The van der Waals surface area contributed by atoms with Gasteiger partial charge in [-0.05, 0) is 116 Å². The first-order valence-electron chi connectivity index (χ1n) is 7.29. The van der Waals surface area contributed by atoms with E-state index in [2.05, 4.69) is 72.8 Å². The molecule has 0 aliphatic carbocycles. The van der Waals surface area contributed by atoms with Crippen molar-refractivity contribution in [2.75, 3.05) is 0 Å². The van der Waals surface area contributed by atoms with E-state index in [0.29, 0.717) is 11.6 Å². The summed E-state index contributed by atoms with van der Waals surface area (Å²) >= 11 is 6.39. The molecule has 0 saturated heterocycles. The molecule has 0 radical (unpaired) electrons. The second-order valence-electron chi connectivity index (χ2n) is 5.25. The molecule has 0 saturated carbocycles. The Balaban J connectivity index is 1.93. The van der Waals surface area contributed by atoms with Gasteiger partial charge in [-0.15, -0.1) is 0 Å². The Morgan fingerprint density at radius 3 is 2.31 bits per heavy atom. The lowest BCUT2D eigenvalue weighted by Crippen LogP contribution is -2.05. The second kappa shape index (κ2) is 8.33. The molecule has 3 rings (SSSR count). The normalized spacial score (nSPS) is 15.0. The molecule has 2 aromatic rings. The molecule has 0 N–H and O–H groups in total. The Kier molecular flexibility index (Phi) is 6.33. The minimum atomic E-state index is -0.493. The standard InChI is InChI=1S/C18H10I3NO4/c1-9(23)25-16-13(20)6-10(7-14(16)21)8-15-18(24)26-17(22-15)11-2-4-12(19)5-3-11/h2-8H,1H3/b15-8-. The summed E-state index contributed by atoms with van der Waals surface area (Å²) in [5.41, 5.74) is 1.75. The van der Waals surface area contributed by atoms with Gasteiger partial charge >= 0.3 is 11.9 Å². The minimum Gasteiger partial charge on any atom is -0.424 e. The van der Waals surface area contributed by atoms with Crippen LogP contribution < -0.4 is 4.74 Å². The molecule has 5 nitrogen and oxygen atoms in total. The van der Waals surface area contributed by atoms with Crippen LogP contribution >= 0.6 is 67.8 Å². The highest BCUT2D eigenvalue weighted by molar-refractivity contribution is 14.1. The molecule has 0 unspecified atom stereocenters. The predicted molar refractivity (Wildman–Crippen MR) is 123 cm³/mol. The molecule has 0 fully saturated rings. The van der Waals surface area contributed by atoms with Crippen LogP contribution in [-0.2, 0) is 14.3 Å². The van der Waals surface area contributed by atoms with Crippen LogP contribution in [0.15, 0.2) is 47.1 Å². The van der Waals surface area contributed by atoms with Crippen LogP contribution in [0.25, 0.3) is 6.08 Å². The highest BCUT2D eigenvalue weighted by Gasteiger charge is 2.24. The molecular weight excluding hydrogens is 675 g/mol. The zero-order chi connectivity index (χ0) is 18.8. The molecule has 2 aromatic carbocycles. The molecule has 132 valence electrons. The minimum absolute atomic E-state index is 0.227. The lowest BCUT2D eigenvalue weighted by Gasteiger charge is -2.08. The van der Waals surface area contributed by atoms with Gasteiger partial charge in [-0.1, -0.05) is 0 Å². The van der Waals surface area contributed by atoms with Gasteiger partial charge in [-0.2, -0.15) is 0 Å². The molecule has 0 atom stereocenters. The number of aliphatic imine (C=N–C) groups is 1. The highest BCUT2D eigenvalue weighted by Crippen LogP contribution is 2.30. The lowest BCUT2D eigenvalue weighted by molar-refractivity contribution is -0.132. The summed E-state index contributed by atoms with van der Waals surface area (Å²) in [7, 11) is 0. The van der Waals surface area contributed by atoms with Gasteiger partial charge in [0.1, 0.15) is 0 Å². The van der Waals surface area contributed by atoms with Crippen LogP contribution in [0.2, 0.25) is 0 Å². The number of benzene rings is 2. The molecule has 0 amide bonds. The van der Waals surface area contributed by atoms with E-state index < -0.39 is 5.97 Å². The first-order valence-corrected chi connectivity index (χ1v) is 10.5. The van der Waals surface area contributed by atoms with E-state index in [1.807, 2.05) is 36.4 Å². The summed E-state index contributed by atoms with van der Waals surface area (Å²) in [6.07, 6.45) is 1.66. The first-order chi connectivity index (χ1) is 12.3. The van der Waals surface area contributed by atoms with Gasteiger partial charge < -0.3 is 9.47 Å². The Labute approximate surface area is 190 Å². The molecule has 0 bridgehead atoms. The van der Waals surface area contributed by atoms with E-state index in [9.17, 15) is 9.59 Å². The average Bonchev–Trinajstić information content (AvgIpc) is 2.92. The van der Waals surface area contributed by atoms with Crippen LogP contribution in [0.4, 0.5) is 0 Å². The van der Waals surface area contributed by atoms with E-state index >= 15 is 0 Å². The van der Waals surface area contributed by atoms with Crippen molar-refractivity contribution < 1.29 is 19.1 Å². The topological polar surface area (TPSA) is 65.0 Å². The van der Waals surface area contributed by atoms with Gasteiger partial charge in [0.05, 0.1) is 7.14 Å². The number of carbonyl (C=O) groups excluding carboxylic acids is 2. The van der Waals surface area contributed by atoms with Crippen LogP contribution in [0, 0.1) is 10.7 Å². The Morgan fingerprint density at radius 1 is 1.12 bits per heavy atom. The Hall–Kier alpha value is -1.02. The maximum atomic E-state index is 12.1. The molecule has 1 aliphatic heterocycles.